The second-order valence-electron chi connectivity index (χ2n) is 6.72. The number of ketones is 1. The lowest BCUT2D eigenvalue weighted by molar-refractivity contribution is 0.0858. The highest BCUT2D eigenvalue weighted by Crippen LogP contribution is 2.22. The van der Waals surface area contributed by atoms with Gasteiger partial charge in [-0.25, -0.2) is 0 Å². The molecule has 0 radical (unpaired) electrons. The zero-order valence-electron chi connectivity index (χ0n) is 14.1. The van der Waals surface area contributed by atoms with Gasteiger partial charge >= 0.3 is 0 Å². The zero-order valence-corrected chi connectivity index (χ0v) is 14.1. The van der Waals surface area contributed by atoms with Crippen LogP contribution >= 0.6 is 0 Å². The first-order chi connectivity index (χ1) is 9.95. The van der Waals surface area contributed by atoms with Gasteiger partial charge in [0.05, 0.1) is 6.61 Å². The van der Waals surface area contributed by atoms with E-state index in [0.717, 1.165) is 24.3 Å². The van der Waals surface area contributed by atoms with E-state index in [9.17, 15) is 4.79 Å². The SMILES string of the molecule is CCCCCCCCOc1ccc(C(=O)C(C)(C)C)cc1. The Hall–Kier alpha value is -1.31. The van der Waals surface area contributed by atoms with Gasteiger partial charge in [-0.3, -0.25) is 4.79 Å². The van der Waals surface area contributed by atoms with Crippen LogP contribution in [0.25, 0.3) is 0 Å². The van der Waals surface area contributed by atoms with E-state index in [0.29, 0.717) is 0 Å². The molecule has 0 bridgehead atoms. The molecule has 2 heteroatoms. The molecule has 0 amide bonds. The van der Waals surface area contributed by atoms with Crippen molar-refractivity contribution in [3.63, 3.8) is 0 Å². The highest BCUT2D eigenvalue weighted by molar-refractivity contribution is 5.99. The molecule has 0 atom stereocenters. The number of carbonyl (C=O) groups excluding carboxylic acids is 1. The highest BCUT2D eigenvalue weighted by atomic mass is 16.5. The minimum absolute atomic E-state index is 0.171. The van der Waals surface area contributed by atoms with Crippen LogP contribution in [0.15, 0.2) is 24.3 Å². The van der Waals surface area contributed by atoms with Crippen LogP contribution in [0, 0.1) is 5.41 Å². The first-order valence-corrected chi connectivity index (χ1v) is 8.23. The van der Waals surface area contributed by atoms with Crippen LogP contribution < -0.4 is 4.74 Å². The number of rotatable bonds is 9. The third kappa shape index (κ3) is 6.79. The summed E-state index contributed by atoms with van der Waals surface area (Å²) in [6.45, 7) is 8.82. The van der Waals surface area contributed by atoms with Crippen LogP contribution in [0.3, 0.4) is 0 Å². The van der Waals surface area contributed by atoms with Gasteiger partial charge < -0.3 is 4.74 Å². The average Bonchev–Trinajstić information content (AvgIpc) is 2.45. The molecule has 1 aromatic carbocycles. The molecule has 0 saturated heterocycles. The van der Waals surface area contributed by atoms with Gasteiger partial charge in [0.2, 0.25) is 0 Å². The van der Waals surface area contributed by atoms with Crippen molar-refractivity contribution in [2.45, 2.75) is 66.2 Å². The lowest BCUT2D eigenvalue weighted by atomic mass is 9.86. The molecule has 0 heterocycles. The first kappa shape index (κ1) is 17.7. The van der Waals surface area contributed by atoms with Gasteiger partial charge in [0.15, 0.2) is 5.78 Å². The number of hydrogen-bond donors (Lipinski definition) is 0. The fraction of sp³-hybridized carbons (Fsp3) is 0.632. The maximum Gasteiger partial charge on any atom is 0.168 e. The van der Waals surface area contributed by atoms with Gasteiger partial charge in [-0.15, -0.1) is 0 Å². The number of hydrogen-bond acceptors (Lipinski definition) is 2. The molecule has 118 valence electrons. The lowest BCUT2D eigenvalue weighted by Gasteiger charge is -2.16. The minimum atomic E-state index is -0.332. The van der Waals surface area contributed by atoms with E-state index < -0.39 is 0 Å². The summed E-state index contributed by atoms with van der Waals surface area (Å²) < 4.78 is 5.72. The lowest BCUT2D eigenvalue weighted by Crippen LogP contribution is -2.19. The Labute approximate surface area is 129 Å². The summed E-state index contributed by atoms with van der Waals surface area (Å²) >= 11 is 0. The summed E-state index contributed by atoms with van der Waals surface area (Å²) in [6, 6.07) is 7.53. The molecule has 0 aliphatic carbocycles. The van der Waals surface area contributed by atoms with Crippen molar-refractivity contribution in [3.8, 4) is 5.75 Å². The molecule has 0 aromatic heterocycles. The predicted octanol–water partition coefficient (Wildman–Crippen LogP) is 5.65. The molecule has 21 heavy (non-hydrogen) atoms. The Morgan fingerprint density at radius 3 is 2.10 bits per heavy atom. The van der Waals surface area contributed by atoms with Crippen LogP contribution in [0.2, 0.25) is 0 Å². The summed E-state index contributed by atoms with van der Waals surface area (Å²) in [5.41, 5.74) is 0.426. The van der Waals surface area contributed by atoms with Crippen molar-refractivity contribution in [3.05, 3.63) is 29.8 Å². The Kier molecular flexibility index (Phi) is 7.49. The number of ether oxygens (including phenoxy) is 1. The molecule has 0 fully saturated rings. The molecular weight excluding hydrogens is 260 g/mol. The van der Waals surface area contributed by atoms with E-state index in [2.05, 4.69) is 6.92 Å². The summed E-state index contributed by atoms with van der Waals surface area (Å²) in [5.74, 6) is 1.03. The summed E-state index contributed by atoms with van der Waals surface area (Å²) in [4.78, 5) is 12.1. The van der Waals surface area contributed by atoms with Crippen LogP contribution in [0.1, 0.15) is 76.6 Å². The van der Waals surface area contributed by atoms with Gasteiger partial charge in [-0.2, -0.15) is 0 Å². The quantitative estimate of drug-likeness (QED) is 0.433. The third-order valence-corrected chi connectivity index (χ3v) is 3.56. The molecule has 0 aliphatic rings. The maximum absolute atomic E-state index is 12.1. The fourth-order valence-corrected chi connectivity index (χ4v) is 2.21. The third-order valence-electron chi connectivity index (χ3n) is 3.56. The molecule has 1 rings (SSSR count). The summed E-state index contributed by atoms with van der Waals surface area (Å²) in [5, 5.41) is 0. The number of unbranched alkanes of at least 4 members (excludes halogenated alkanes) is 5. The van der Waals surface area contributed by atoms with E-state index in [1.165, 1.54) is 32.1 Å². The summed E-state index contributed by atoms with van der Waals surface area (Å²) in [6.07, 6.45) is 7.60. The van der Waals surface area contributed by atoms with Crippen molar-refractivity contribution >= 4 is 5.78 Å². The Morgan fingerprint density at radius 2 is 1.52 bits per heavy atom. The van der Waals surface area contributed by atoms with Crippen molar-refractivity contribution in [1.29, 1.82) is 0 Å². The summed E-state index contributed by atoms with van der Waals surface area (Å²) in [7, 11) is 0. The second-order valence-corrected chi connectivity index (χ2v) is 6.72. The van der Waals surface area contributed by atoms with Gasteiger partial charge in [0.1, 0.15) is 5.75 Å². The predicted molar refractivity (Wildman–Crippen MR) is 89.1 cm³/mol. The van der Waals surface area contributed by atoms with Crippen molar-refractivity contribution < 1.29 is 9.53 Å². The molecule has 0 aliphatic heterocycles. The first-order valence-electron chi connectivity index (χ1n) is 8.23. The van der Waals surface area contributed by atoms with Crippen molar-refractivity contribution in [1.82, 2.24) is 0 Å². The smallest absolute Gasteiger partial charge is 0.168 e. The Balaban J connectivity index is 2.30. The molecule has 0 N–H and O–H groups in total. The van der Waals surface area contributed by atoms with Gasteiger partial charge in [-0.05, 0) is 30.7 Å². The maximum atomic E-state index is 12.1. The normalized spacial score (nSPS) is 11.4. The van der Waals surface area contributed by atoms with E-state index >= 15 is 0 Å². The number of Topliss-reactive ketones (excluding diaryl/α,β-unsaturated/α-hetero) is 1. The molecule has 0 spiro atoms. The fourth-order valence-electron chi connectivity index (χ4n) is 2.21. The van der Waals surface area contributed by atoms with Crippen molar-refractivity contribution in [2.24, 2.45) is 5.41 Å². The minimum Gasteiger partial charge on any atom is -0.494 e. The second kappa shape index (κ2) is 8.86. The van der Waals surface area contributed by atoms with E-state index in [1.807, 2.05) is 45.0 Å². The largest absolute Gasteiger partial charge is 0.494 e. The molecule has 2 nitrogen and oxygen atoms in total. The Bertz CT molecular complexity index is 412. The topological polar surface area (TPSA) is 26.3 Å². The van der Waals surface area contributed by atoms with Crippen molar-refractivity contribution in [2.75, 3.05) is 6.61 Å². The molecule has 0 saturated carbocycles. The average molecular weight is 290 g/mol. The van der Waals surface area contributed by atoms with Crippen LogP contribution in [0.5, 0.6) is 5.75 Å². The zero-order chi connectivity index (χ0) is 15.7. The molecule has 1 aromatic rings. The van der Waals surface area contributed by atoms with Crippen LogP contribution in [0.4, 0.5) is 0 Å². The number of benzene rings is 1. The van der Waals surface area contributed by atoms with Gasteiger partial charge in [0, 0.05) is 11.0 Å². The van der Waals surface area contributed by atoms with E-state index in [4.69, 9.17) is 4.74 Å². The van der Waals surface area contributed by atoms with E-state index in [-0.39, 0.29) is 11.2 Å². The van der Waals surface area contributed by atoms with E-state index in [1.54, 1.807) is 0 Å². The van der Waals surface area contributed by atoms with Crippen LogP contribution in [-0.4, -0.2) is 12.4 Å². The van der Waals surface area contributed by atoms with Gasteiger partial charge in [0.25, 0.3) is 0 Å². The van der Waals surface area contributed by atoms with Gasteiger partial charge in [-0.1, -0.05) is 59.8 Å². The monoisotopic (exact) mass is 290 g/mol. The Morgan fingerprint density at radius 1 is 0.952 bits per heavy atom. The van der Waals surface area contributed by atoms with Crippen LogP contribution in [-0.2, 0) is 0 Å². The molecular formula is C19H30O2. The standard InChI is InChI=1S/C19H30O2/c1-5-6-7-8-9-10-15-21-17-13-11-16(12-14-17)18(20)19(2,3)4/h11-14H,5-10,15H2,1-4H3. The highest BCUT2D eigenvalue weighted by Gasteiger charge is 2.22. The number of carbonyl (C=O) groups is 1. The molecule has 0 unspecified atom stereocenters.